The second kappa shape index (κ2) is 5.21. The fourth-order valence-electron chi connectivity index (χ4n) is 3.37. The van der Waals surface area contributed by atoms with Crippen LogP contribution in [-0.4, -0.2) is 0 Å². The fourth-order valence-corrected chi connectivity index (χ4v) is 3.37. The number of fused-ring (bicyclic) bond motifs is 1. The van der Waals surface area contributed by atoms with Gasteiger partial charge in [-0.2, -0.15) is 0 Å². The minimum Gasteiger partial charge on any atom is -0.0622 e. The van der Waals surface area contributed by atoms with Crippen LogP contribution in [0.1, 0.15) is 22.6 Å². The van der Waals surface area contributed by atoms with Crippen LogP contribution in [-0.2, 0) is 12.8 Å². The molecule has 0 bridgehead atoms. The van der Waals surface area contributed by atoms with Gasteiger partial charge in [-0.15, -0.1) is 0 Å². The average molecular weight is 270 g/mol. The summed E-state index contributed by atoms with van der Waals surface area (Å²) < 4.78 is 0. The third kappa shape index (κ3) is 2.38. The average Bonchev–Trinajstić information content (AvgIpc) is 3.00. The van der Waals surface area contributed by atoms with Gasteiger partial charge in [0.15, 0.2) is 0 Å². The lowest BCUT2D eigenvalue weighted by Gasteiger charge is -2.10. The Balaban J connectivity index is 1.58. The normalized spacial score (nSPS) is 14.1. The molecular formula is C21H18. The van der Waals surface area contributed by atoms with Gasteiger partial charge in [0.25, 0.3) is 0 Å². The lowest BCUT2D eigenvalue weighted by Crippen LogP contribution is -1.97. The van der Waals surface area contributed by atoms with E-state index in [1.54, 1.807) is 0 Å². The Bertz CT molecular complexity index is 714. The fraction of sp³-hybridized carbons (Fsp3) is 0.143. The van der Waals surface area contributed by atoms with E-state index in [1.165, 1.54) is 40.7 Å². The molecule has 0 radical (unpaired) electrons. The number of rotatable bonds is 2. The first kappa shape index (κ1) is 12.4. The molecular weight excluding hydrogens is 252 g/mol. The third-order valence-electron chi connectivity index (χ3n) is 4.54. The van der Waals surface area contributed by atoms with Crippen LogP contribution in [0.25, 0.3) is 11.1 Å². The van der Waals surface area contributed by atoms with Crippen molar-refractivity contribution in [1.82, 2.24) is 0 Å². The van der Waals surface area contributed by atoms with Gasteiger partial charge in [-0.1, -0.05) is 78.9 Å². The first-order valence-electron chi connectivity index (χ1n) is 7.62. The van der Waals surface area contributed by atoms with Crippen molar-refractivity contribution >= 4 is 0 Å². The predicted octanol–water partition coefficient (Wildman–Crippen LogP) is 5.24. The quantitative estimate of drug-likeness (QED) is 0.597. The largest absolute Gasteiger partial charge is 0.0622 e. The second-order valence-corrected chi connectivity index (χ2v) is 5.86. The summed E-state index contributed by atoms with van der Waals surface area (Å²) in [4.78, 5) is 0. The Morgan fingerprint density at radius 1 is 0.524 bits per heavy atom. The lowest BCUT2D eigenvalue weighted by molar-refractivity contribution is 0.742. The summed E-state index contributed by atoms with van der Waals surface area (Å²) in [7, 11) is 0. The van der Waals surface area contributed by atoms with E-state index >= 15 is 0 Å². The number of hydrogen-bond donors (Lipinski definition) is 0. The van der Waals surface area contributed by atoms with E-state index in [4.69, 9.17) is 0 Å². The standard InChI is InChI=1S/C21H18/c1-2-6-16(7-3-1)17-10-12-18(13-11-17)21-14-19-8-4-5-9-20(19)15-21/h1-13,21H,14-15H2. The van der Waals surface area contributed by atoms with Crippen LogP contribution in [0, 0.1) is 0 Å². The zero-order chi connectivity index (χ0) is 14.1. The van der Waals surface area contributed by atoms with E-state index < -0.39 is 0 Å². The van der Waals surface area contributed by atoms with Gasteiger partial charge in [0.1, 0.15) is 0 Å². The SMILES string of the molecule is c1ccc(-c2ccc(C3Cc4ccccc4C3)cc2)cc1. The molecule has 0 spiro atoms. The third-order valence-corrected chi connectivity index (χ3v) is 4.54. The highest BCUT2D eigenvalue weighted by atomic mass is 14.3. The molecule has 1 aliphatic carbocycles. The van der Waals surface area contributed by atoms with E-state index in [0.717, 1.165) is 0 Å². The van der Waals surface area contributed by atoms with Crippen molar-refractivity contribution in [3.63, 3.8) is 0 Å². The highest BCUT2D eigenvalue weighted by Gasteiger charge is 2.22. The van der Waals surface area contributed by atoms with Crippen molar-refractivity contribution in [3.05, 3.63) is 95.6 Å². The minimum absolute atomic E-state index is 0.646. The van der Waals surface area contributed by atoms with Crippen LogP contribution < -0.4 is 0 Å². The molecule has 102 valence electrons. The molecule has 4 rings (SSSR count). The van der Waals surface area contributed by atoms with Crippen molar-refractivity contribution in [3.8, 4) is 11.1 Å². The molecule has 21 heavy (non-hydrogen) atoms. The molecule has 0 unspecified atom stereocenters. The maximum atomic E-state index is 2.30. The van der Waals surface area contributed by atoms with Gasteiger partial charge in [0, 0.05) is 0 Å². The predicted molar refractivity (Wildman–Crippen MR) is 88.5 cm³/mol. The summed E-state index contributed by atoms with van der Waals surface area (Å²) in [6.07, 6.45) is 2.36. The lowest BCUT2D eigenvalue weighted by atomic mass is 9.94. The molecule has 0 aromatic heterocycles. The van der Waals surface area contributed by atoms with Gasteiger partial charge in [0.2, 0.25) is 0 Å². The molecule has 0 saturated carbocycles. The van der Waals surface area contributed by atoms with E-state index in [0.29, 0.717) is 5.92 Å². The summed E-state index contributed by atoms with van der Waals surface area (Å²) in [5.41, 5.74) is 7.10. The maximum absolute atomic E-state index is 2.30. The molecule has 3 aromatic carbocycles. The molecule has 0 atom stereocenters. The Labute approximate surface area is 126 Å². The monoisotopic (exact) mass is 270 g/mol. The van der Waals surface area contributed by atoms with E-state index in [1.807, 2.05) is 0 Å². The maximum Gasteiger partial charge on any atom is -0.00808 e. The van der Waals surface area contributed by atoms with Crippen molar-refractivity contribution < 1.29 is 0 Å². The van der Waals surface area contributed by atoms with E-state index in [2.05, 4.69) is 78.9 Å². The molecule has 0 N–H and O–H groups in total. The molecule has 3 aromatic rings. The van der Waals surface area contributed by atoms with Crippen molar-refractivity contribution in [2.75, 3.05) is 0 Å². The minimum atomic E-state index is 0.646. The molecule has 0 aliphatic heterocycles. The van der Waals surface area contributed by atoms with Gasteiger partial charge in [-0.25, -0.2) is 0 Å². The van der Waals surface area contributed by atoms with Crippen LogP contribution in [0.5, 0.6) is 0 Å². The topological polar surface area (TPSA) is 0 Å². The Morgan fingerprint density at radius 3 is 1.67 bits per heavy atom. The molecule has 0 heterocycles. The van der Waals surface area contributed by atoms with E-state index in [9.17, 15) is 0 Å². The summed E-state index contributed by atoms with van der Waals surface area (Å²) in [5.74, 6) is 0.646. The first-order valence-corrected chi connectivity index (χ1v) is 7.62. The molecule has 1 aliphatic rings. The van der Waals surface area contributed by atoms with Crippen molar-refractivity contribution in [1.29, 1.82) is 0 Å². The van der Waals surface area contributed by atoms with Crippen LogP contribution in [0.3, 0.4) is 0 Å². The van der Waals surface area contributed by atoms with E-state index in [-0.39, 0.29) is 0 Å². The second-order valence-electron chi connectivity index (χ2n) is 5.86. The van der Waals surface area contributed by atoms with Gasteiger partial charge >= 0.3 is 0 Å². The first-order chi connectivity index (χ1) is 10.4. The molecule has 0 fully saturated rings. The summed E-state index contributed by atoms with van der Waals surface area (Å²) in [6, 6.07) is 28.6. The summed E-state index contributed by atoms with van der Waals surface area (Å²) in [5, 5.41) is 0. The zero-order valence-corrected chi connectivity index (χ0v) is 12.0. The summed E-state index contributed by atoms with van der Waals surface area (Å²) in [6.45, 7) is 0. The van der Waals surface area contributed by atoms with Crippen molar-refractivity contribution in [2.45, 2.75) is 18.8 Å². The van der Waals surface area contributed by atoms with Gasteiger partial charge in [0.05, 0.1) is 0 Å². The highest BCUT2D eigenvalue weighted by Crippen LogP contribution is 2.34. The van der Waals surface area contributed by atoms with Gasteiger partial charge in [-0.05, 0) is 46.6 Å². The smallest absolute Gasteiger partial charge is 0.00808 e. The van der Waals surface area contributed by atoms with Crippen LogP contribution in [0.15, 0.2) is 78.9 Å². The molecule has 0 amide bonds. The number of benzene rings is 3. The summed E-state index contributed by atoms with van der Waals surface area (Å²) >= 11 is 0. The highest BCUT2D eigenvalue weighted by molar-refractivity contribution is 5.63. The Hall–Kier alpha value is -2.34. The number of hydrogen-bond acceptors (Lipinski definition) is 0. The zero-order valence-electron chi connectivity index (χ0n) is 12.0. The Kier molecular flexibility index (Phi) is 3.08. The molecule has 0 heteroatoms. The van der Waals surface area contributed by atoms with Gasteiger partial charge < -0.3 is 0 Å². The van der Waals surface area contributed by atoms with Crippen LogP contribution in [0.2, 0.25) is 0 Å². The molecule has 0 nitrogen and oxygen atoms in total. The molecule has 0 saturated heterocycles. The van der Waals surface area contributed by atoms with Crippen molar-refractivity contribution in [2.24, 2.45) is 0 Å². The van der Waals surface area contributed by atoms with Gasteiger partial charge in [-0.3, -0.25) is 0 Å². The van der Waals surface area contributed by atoms with Crippen LogP contribution >= 0.6 is 0 Å². The Morgan fingerprint density at radius 2 is 1.05 bits per heavy atom. The van der Waals surface area contributed by atoms with Crippen LogP contribution in [0.4, 0.5) is 0 Å².